The Kier molecular flexibility index (Phi) is 2.77. The van der Waals surface area contributed by atoms with Crippen LogP contribution in [0.2, 0.25) is 0 Å². The van der Waals surface area contributed by atoms with Crippen LogP contribution >= 0.6 is 0 Å². The van der Waals surface area contributed by atoms with Crippen LogP contribution < -0.4 is 0 Å². The number of aldehydes is 1. The van der Waals surface area contributed by atoms with E-state index in [0.29, 0.717) is 18.5 Å². The molecule has 92 valence electrons. The lowest BCUT2D eigenvalue weighted by Gasteiger charge is -2.03. The molecule has 0 radical (unpaired) electrons. The van der Waals surface area contributed by atoms with Crippen LogP contribution in [0.4, 0.5) is 0 Å². The van der Waals surface area contributed by atoms with E-state index in [-0.39, 0.29) is 0 Å². The zero-order valence-electron chi connectivity index (χ0n) is 10.3. The molecule has 0 aliphatic heterocycles. The minimum absolute atomic E-state index is 0.475. The average molecular weight is 248 g/mol. The summed E-state index contributed by atoms with van der Waals surface area (Å²) in [6.45, 7) is 0.668. The number of aromatic nitrogens is 1. The van der Waals surface area contributed by atoms with Crippen molar-refractivity contribution in [2.75, 3.05) is 0 Å². The Morgan fingerprint density at radius 2 is 1.89 bits per heavy atom. The monoisotopic (exact) mass is 248 g/mol. The largest absolute Gasteiger partial charge is 0.339 e. The summed E-state index contributed by atoms with van der Waals surface area (Å²) in [5, 5.41) is 11.0. The van der Waals surface area contributed by atoms with Gasteiger partial charge in [0, 0.05) is 33.9 Å². The molecule has 2 aromatic carbocycles. The normalized spacial score (nSPS) is 10.7. The smallest absolute Gasteiger partial charge is 0.150 e. The fourth-order valence-corrected chi connectivity index (χ4v) is 2.55. The molecular weight excluding hydrogens is 236 g/mol. The van der Waals surface area contributed by atoms with Crippen LogP contribution in [0, 0.1) is 11.3 Å². The van der Waals surface area contributed by atoms with Gasteiger partial charge in [-0.05, 0) is 24.3 Å². The third-order valence-electron chi connectivity index (χ3n) is 3.38. The third-order valence-corrected chi connectivity index (χ3v) is 3.38. The lowest BCUT2D eigenvalue weighted by atomic mass is 10.1. The van der Waals surface area contributed by atoms with Crippen molar-refractivity contribution in [3.05, 3.63) is 48.0 Å². The Morgan fingerprint density at radius 1 is 1.11 bits per heavy atom. The first-order valence-electron chi connectivity index (χ1n) is 6.18. The first-order chi connectivity index (χ1) is 9.35. The summed E-state index contributed by atoms with van der Waals surface area (Å²) < 4.78 is 2.14. The molecule has 1 aromatic heterocycles. The van der Waals surface area contributed by atoms with E-state index in [0.717, 1.165) is 28.1 Å². The number of carbonyl (C=O) groups excluding carboxylic acids is 1. The number of para-hydroxylation sites is 1. The minimum Gasteiger partial charge on any atom is -0.339 e. The fraction of sp³-hybridized carbons (Fsp3) is 0.125. The molecule has 19 heavy (non-hydrogen) atoms. The quantitative estimate of drug-likeness (QED) is 0.666. The molecule has 3 heteroatoms. The first-order valence-corrected chi connectivity index (χ1v) is 6.18. The number of nitrogens with zero attached hydrogens (tertiary/aromatic N) is 2. The summed E-state index contributed by atoms with van der Waals surface area (Å²) in [5.74, 6) is 0. The van der Waals surface area contributed by atoms with Crippen LogP contribution in [0.25, 0.3) is 21.8 Å². The average Bonchev–Trinajstić information content (AvgIpc) is 2.78. The maximum absolute atomic E-state index is 10.9. The van der Waals surface area contributed by atoms with Gasteiger partial charge in [-0.2, -0.15) is 5.26 Å². The number of fused-ring (bicyclic) bond motifs is 3. The number of rotatable bonds is 3. The summed E-state index contributed by atoms with van der Waals surface area (Å²) >= 11 is 0. The van der Waals surface area contributed by atoms with E-state index in [1.807, 2.05) is 36.4 Å². The van der Waals surface area contributed by atoms with Gasteiger partial charge in [0.2, 0.25) is 0 Å². The fourth-order valence-electron chi connectivity index (χ4n) is 2.55. The molecular formula is C16H12N2O. The number of aryl methyl sites for hydroxylation is 1. The zero-order valence-corrected chi connectivity index (χ0v) is 10.3. The minimum atomic E-state index is 0.475. The molecule has 3 nitrogen and oxygen atoms in total. The molecule has 3 rings (SSSR count). The summed E-state index contributed by atoms with van der Waals surface area (Å²) in [7, 11) is 0. The Labute approximate surface area is 110 Å². The predicted octanol–water partition coefficient (Wildman–Crippen LogP) is 3.52. The molecule has 0 aliphatic rings. The van der Waals surface area contributed by atoms with Gasteiger partial charge in [0.05, 0.1) is 12.5 Å². The molecule has 0 amide bonds. The van der Waals surface area contributed by atoms with Gasteiger partial charge in [-0.15, -0.1) is 0 Å². The van der Waals surface area contributed by atoms with E-state index in [1.54, 1.807) is 0 Å². The van der Waals surface area contributed by atoms with Crippen molar-refractivity contribution >= 4 is 28.1 Å². The van der Waals surface area contributed by atoms with Gasteiger partial charge in [-0.3, -0.25) is 4.79 Å². The van der Waals surface area contributed by atoms with Crippen molar-refractivity contribution in [3.63, 3.8) is 0 Å². The number of carbonyl (C=O) groups is 1. The summed E-state index contributed by atoms with van der Waals surface area (Å²) in [4.78, 5) is 10.9. The first kappa shape index (κ1) is 11.5. The molecule has 1 heterocycles. The third kappa shape index (κ3) is 1.78. The molecule has 0 fully saturated rings. The lowest BCUT2D eigenvalue weighted by molar-refractivity contribution is 0.112. The van der Waals surface area contributed by atoms with Crippen LogP contribution in [-0.4, -0.2) is 10.9 Å². The Bertz CT molecular complexity index is 809. The summed E-state index contributed by atoms with van der Waals surface area (Å²) in [6.07, 6.45) is 1.34. The standard InChI is InChI=1S/C16H12N2O/c17-8-3-9-18-15-5-2-1-4-13(15)14-10-12(11-19)6-7-16(14)18/h1-2,4-7,10-11H,3,9H2. The van der Waals surface area contributed by atoms with Gasteiger partial charge in [0.15, 0.2) is 0 Å². The number of hydrogen-bond acceptors (Lipinski definition) is 2. The maximum Gasteiger partial charge on any atom is 0.150 e. The van der Waals surface area contributed by atoms with Crippen molar-refractivity contribution in [1.82, 2.24) is 4.57 Å². The Morgan fingerprint density at radius 3 is 2.68 bits per heavy atom. The molecule has 0 N–H and O–H groups in total. The SMILES string of the molecule is N#CCCn1c2ccccc2c2cc(C=O)ccc21. The molecule has 0 saturated carbocycles. The van der Waals surface area contributed by atoms with Crippen molar-refractivity contribution in [2.24, 2.45) is 0 Å². The van der Waals surface area contributed by atoms with E-state index >= 15 is 0 Å². The van der Waals surface area contributed by atoms with Gasteiger partial charge in [0.25, 0.3) is 0 Å². The van der Waals surface area contributed by atoms with Crippen LogP contribution in [-0.2, 0) is 6.54 Å². The lowest BCUT2D eigenvalue weighted by Crippen LogP contribution is -1.96. The zero-order chi connectivity index (χ0) is 13.2. The second-order valence-corrected chi connectivity index (χ2v) is 4.47. The highest BCUT2D eigenvalue weighted by atomic mass is 16.1. The van der Waals surface area contributed by atoms with Gasteiger partial charge >= 0.3 is 0 Å². The number of benzene rings is 2. The highest BCUT2D eigenvalue weighted by molar-refractivity contribution is 6.09. The van der Waals surface area contributed by atoms with Gasteiger partial charge in [0.1, 0.15) is 6.29 Å². The summed E-state index contributed by atoms with van der Waals surface area (Å²) in [6, 6.07) is 15.9. The van der Waals surface area contributed by atoms with Gasteiger partial charge < -0.3 is 4.57 Å². The molecule has 0 atom stereocenters. The highest BCUT2D eigenvalue weighted by Gasteiger charge is 2.10. The molecule has 0 saturated heterocycles. The van der Waals surface area contributed by atoms with Gasteiger partial charge in [-0.25, -0.2) is 0 Å². The second kappa shape index (κ2) is 4.58. The molecule has 0 spiro atoms. The number of hydrogen-bond donors (Lipinski definition) is 0. The Balaban J connectivity index is 2.37. The van der Waals surface area contributed by atoms with E-state index in [9.17, 15) is 4.79 Å². The van der Waals surface area contributed by atoms with E-state index in [4.69, 9.17) is 5.26 Å². The Hall–Kier alpha value is -2.60. The van der Waals surface area contributed by atoms with Crippen molar-refractivity contribution in [1.29, 1.82) is 5.26 Å². The second-order valence-electron chi connectivity index (χ2n) is 4.47. The topological polar surface area (TPSA) is 45.8 Å². The molecule has 0 unspecified atom stereocenters. The van der Waals surface area contributed by atoms with Crippen LogP contribution in [0.15, 0.2) is 42.5 Å². The summed E-state index contributed by atoms with van der Waals surface area (Å²) in [5.41, 5.74) is 2.86. The number of nitriles is 1. The predicted molar refractivity (Wildman–Crippen MR) is 75.1 cm³/mol. The molecule has 0 bridgehead atoms. The molecule has 0 aliphatic carbocycles. The van der Waals surface area contributed by atoms with Crippen LogP contribution in [0.1, 0.15) is 16.8 Å². The van der Waals surface area contributed by atoms with Crippen LogP contribution in [0.3, 0.4) is 0 Å². The van der Waals surface area contributed by atoms with E-state index in [2.05, 4.69) is 16.7 Å². The highest BCUT2D eigenvalue weighted by Crippen LogP contribution is 2.29. The van der Waals surface area contributed by atoms with Crippen LogP contribution in [0.5, 0.6) is 0 Å². The van der Waals surface area contributed by atoms with Crippen molar-refractivity contribution in [2.45, 2.75) is 13.0 Å². The van der Waals surface area contributed by atoms with E-state index in [1.165, 1.54) is 0 Å². The van der Waals surface area contributed by atoms with Crippen molar-refractivity contribution < 1.29 is 4.79 Å². The van der Waals surface area contributed by atoms with Gasteiger partial charge in [-0.1, -0.05) is 18.2 Å². The van der Waals surface area contributed by atoms with Crippen molar-refractivity contribution in [3.8, 4) is 6.07 Å². The maximum atomic E-state index is 10.9. The molecule has 3 aromatic rings. The van der Waals surface area contributed by atoms with E-state index < -0.39 is 0 Å².